The molecule has 0 amide bonds. The van der Waals surface area contributed by atoms with Gasteiger partial charge in [0.15, 0.2) is 0 Å². The highest BCUT2D eigenvalue weighted by Gasteiger charge is 2.24. The SMILES string of the molecule is CCC1CCCC1NCCCCCSC. The Morgan fingerprint density at radius 1 is 1.20 bits per heavy atom. The number of hydrogen-bond acceptors (Lipinski definition) is 2. The maximum Gasteiger partial charge on any atom is 0.00952 e. The van der Waals surface area contributed by atoms with Crippen LogP contribution in [0.1, 0.15) is 51.9 Å². The van der Waals surface area contributed by atoms with Crippen LogP contribution >= 0.6 is 11.8 Å². The van der Waals surface area contributed by atoms with E-state index in [9.17, 15) is 0 Å². The van der Waals surface area contributed by atoms with Gasteiger partial charge >= 0.3 is 0 Å². The van der Waals surface area contributed by atoms with Gasteiger partial charge in [-0.25, -0.2) is 0 Å². The van der Waals surface area contributed by atoms with E-state index in [-0.39, 0.29) is 0 Å². The average Bonchev–Trinajstić information content (AvgIpc) is 2.70. The molecule has 0 bridgehead atoms. The molecule has 0 aromatic carbocycles. The fourth-order valence-corrected chi connectivity index (χ4v) is 3.12. The topological polar surface area (TPSA) is 12.0 Å². The summed E-state index contributed by atoms with van der Waals surface area (Å²) >= 11 is 1.97. The smallest absolute Gasteiger partial charge is 0.00952 e. The zero-order valence-electron chi connectivity index (χ0n) is 10.4. The summed E-state index contributed by atoms with van der Waals surface area (Å²) in [7, 11) is 0. The van der Waals surface area contributed by atoms with Crippen LogP contribution in [-0.2, 0) is 0 Å². The number of nitrogens with one attached hydrogen (secondary N) is 1. The predicted octanol–water partition coefficient (Wildman–Crippen LogP) is 3.69. The van der Waals surface area contributed by atoms with E-state index in [0.717, 1.165) is 12.0 Å². The molecule has 0 aliphatic heterocycles. The van der Waals surface area contributed by atoms with Crippen molar-refractivity contribution in [1.82, 2.24) is 5.32 Å². The molecule has 1 saturated carbocycles. The second-order valence-corrected chi connectivity index (χ2v) is 5.70. The Labute approximate surface area is 99.8 Å². The normalized spacial score (nSPS) is 26.0. The highest BCUT2D eigenvalue weighted by molar-refractivity contribution is 7.98. The Morgan fingerprint density at radius 3 is 2.80 bits per heavy atom. The Kier molecular flexibility index (Phi) is 7.54. The summed E-state index contributed by atoms with van der Waals surface area (Å²) in [5.74, 6) is 2.30. The third-order valence-electron chi connectivity index (χ3n) is 3.62. The molecule has 1 aliphatic carbocycles. The lowest BCUT2D eigenvalue weighted by Gasteiger charge is -2.19. The summed E-state index contributed by atoms with van der Waals surface area (Å²) < 4.78 is 0. The first-order valence-electron chi connectivity index (χ1n) is 6.60. The summed E-state index contributed by atoms with van der Waals surface area (Å²) in [6.07, 6.45) is 12.1. The maximum atomic E-state index is 3.75. The Bertz CT molecular complexity index is 149. The zero-order chi connectivity index (χ0) is 10.9. The standard InChI is InChI=1S/C13H27NS/c1-3-12-8-7-9-13(12)14-10-5-4-6-11-15-2/h12-14H,3-11H2,1-2H3. The molecule has 0 aromatic heterocycles. The number of rotatable bonds is 8. The van der Waals surface area contributed by atoms with Gasteiger partial charge in [-0.05, 0) is 50.2 Å². The predicted molar refractivity (Wildman–Crippen MR) is 71.7 cm³/mol. The summed E-state index contributed by atoms with van der Waals surface area (Å²) in [6.45, 7) is 3.58. The third kappa shape index (κ3) is 5.26. The van der Waals surface area contributed by atoms with Gasteiger partial charge in [-0.3, -0.25) is 0 Å². The zero-order valence-corrected chi connectivity index (χ0v) is 11.2. The number of unbranched alkanes of at least 4 members (excludes halogenated alkanes) is 2. The minimum absolute atomic E-state index is 0.843. The van der Waals surface area contributed by atoms with Gasteiger partial charge in [0, 0.05) is 6.04 Å². The molecule has 0 saturated heterocycles. The molecular weight excluding hydrogens is 202 g/mol. The molecule has 2 unspecified atom stereocenters. The van der Waals surface area contributed by atoms with Crippen LogP contribution in [0.2, 0.25) is 0 Å². The molecule has 1 rings (SSSR count). The Hall–Kier alpha value is 0.310. The van der Waals surface area contributed by atoms with Gasteiger partial charge in [-0.15, -0.1) is 0 Å². The van der Waals surface area contributed by atoms with E-state index in [4.69, 9.17) is 0 Å². The van der Waals surface area contributed by atoms with Gasteiger partial charge in [0.05, 0.1) is 0 Å². The largest absolute Gasteiger partial charge is 0.314 e. The highest BCUT2D eigenvalue weighted by Crippen LogP contribution is 2.27. The lowest BCUT2D eigenvalue weighted by atomic mass is 10.0. The lowest BCUT2D eigenvalue weighted by Crippen LogP contribution is -2.32. The van der Waals surface area contributed by atoms with Crippen LogP contribution in [0.5, 0.6) is 0 Å². The molecule has 2 heteroatoms. The van der Waals surface area contributed by atoms with E-state index in [0.29, 0.717) is 0 Å². The van der Waals surface area contributed by atoms with Gasteiger partial charge in [0.1, 0.15) is 0 Å². The van der Waals surface area contributed by atoms with E-state index in [2.05, 4.69) is 18.5 Å². The maximum absolute atomic E-state index is 3.75. The summed E-state index contributed by atoms with van der Waals surface area (Å²) in [4.78, 5) is 0. The van der Waals surface area contributed by atoms with Crippen LogP contribution in [0.15, 0.2) is 0 Å². The van der Waals surface area contributed by atoms with Crippen molar-refractivity contribution in [3.8, 4) is 0 Å². The Morgan fingerprint density at radius 2 is 2.07 bits per heavy atom. The molecule has 1 fully saturated rings. The number of thioether (sulfide) groups is 1. The van der Waals surface area contributed by atoms with Crippen molar-refractivity contribution in [2.24, 2.45) is 5.92 Å². The van der Waals surface area contributed by atoms with Gasteiger partial charge < -0.3 is 5.32 Å². The van der Waals surface area contributed by atoms with Crippen LogP contribution in [0.4, 0.5) is 0 Å². The van der Waals surface area contributed by atoms with Crippen LogP contribution < -0.4 is 5.32 Å². The molecule has 0 spiro atoms. The van der Waals surface area contributed by atoms with Crippen molar-refractivity contribution in [1.29, 1.82) is 0 Å². The van der Waals surface area contributed by atoms with Gasteiger partial charge in [0.25, 0.3) is 0 Å². The first-order valence-corrected chi connectivity index (χ1v) is 8.00. The minimum atomic E-state index is 0.843. The molecule has 1 N–H and O–H groups in total. The molecule has 2 atom stereocenters. The molecule has 0 radical (unpaired) electrons. The van der Waals surface area contributed by atoms with E-state index in [1.807, 2.05) is 11.8 Å². The van der Waals surface area contributed by atoms with Crippen LogP contribution in [0, 0.1) is 5.92 Å². The first kappa shape index (κ1) is 13.4. The van der Waals surface area contributed by atoms with E-state index >= 15 is 0 Å². The van der Waals surface area contributed by atoms with Gasteiger partial charge in [-0.2, -0.15) is 11.8 Å². The van der Waals surface area contributed by atoms with Crippen molar-refractivity contribution in [2.75, 3.05) is 18.6 Å². The fraction of sp³-hybridized carbons (Fsp3) is 1.00. The van der Waals surface area contributed by atoms with E-state index in [1.54, 1.807) is 0 Å². The molecule has 1 aliphatic rings. The molecule has 0 heterocycles. The van der Waals surface area contributed by atoms with Gasteiger partial charge in [0.2, 0.25) is 0 Å². The van der Waals surface area contributed by atoms with Crippen molar-refractivity contribution in [3.63, 3.8) is 0 Å². The molecular formula is C13H27NS. The van der Waals surface area contributed by atoms with Crippen LogP contribution in [-0.4, -0.2) is 24.6 Å². The molecule has 90 valence electrons. The second kappa shape index (κ2) is 8.46. The van der Waals surface area contributed by atoms with Crippen molar-refractivity contribution < 1.29 is 0 Å². The lowest BCUT2D eigenvalue weighted by molar-refractivity contribution is 0.387. The van der Waals surface area contributed by atoms with Crippen LogP contribution in [0.3, 0.4) is 0 Å². The average molecular weight is 229 g/mol. The van der Waals surface area contributed by atoms with E-state index < -0.39 is 0 Å². The monoisotopic (exact) mass is 229 g/mol. The molecule has 0 aromatic rings. The van der Waals surface area contributed by atoms with Crippen molar-refractivity contribution >= 4 is 11.8 Å². The molecule has 15 heavy (non-hydrogen) atoms. The van der Waals surface area contributed by atoms with Crippen LogP contribution in [0.25, 0.3) is 0 Å². The summed E-state index contributed by atoms with van der Waals surface area (Å²) in [5, 5.41) is 3.75. The van der Waals surface area contributed by atoms with E-state index in [1.165, 1.54) is 57.2 Å². The Balaban J connectivity index is 1.95. The minimum Gasteiger partial charge on any atom is -0.314 e. The second-order valence-electron chi connectivity index (χ2n) is 4.71. The summed E-state index contributed by atoms with van der Waals surface area (Å²) in [5.41, 5.74) is 0. The van der Waals surface area contributed by atoms with Crippen molar-refractivity contribution in [2.45, 2.75) is 57.9 Å². The van der Waals surface area contributed by atoms with Gasteiger partial charge in [-0.1, -0.05) is 26.2 Å². The fourth-order valence-electron chi connectivity index (χ4n) is 2.63. The third-order valence-corrected chi connectivity index (χ3v) is 4.31. The highest BCUT2D eigenvalue weighted by atomic mass is 32.2. The van der Waals surface area contributed by atoms with Crippen molar-refractivity contribution in [3.05, 3.63) is 0 Å². The first-order chi connectivity index (χ1) is 7.38. The summed E-state index contributed by atoms with van der Waals surface area (Å²) in [6, 6.07) is 0.843. The molecule has 1 nitrogen and oxygen atoms in total. The number of hydrogen-bond donors (Lipinski definition) is 1. The quantitative estimate of drug-likeness (QED) is 0.637.